The van der Waals surface area contributed by atoms with Gasteiger partial charge < -0.3 is 66.5 Å². The number of likely N-dealkylation sites (N-methyl/N-ethyl adjacent to an activating group) is 2. The van der Waals surface area contributed by atoms with E-state index < -0.39 is 96.0 Å². The third-order valence-corrected chi connectivity index (χ3v) is 17.7. The van der Waals surface area contributed by atoms with Gasteiger partial charge in [-0.05, 0) is 98.5 Å². The topological polar surface area (TPSA) is 337 Å². The predicted octanol–water partition coefficient (Wildman–Crippen LogP) is 6.28. The van der Waals surface area contributed by atoms with Gasteiger partial charge >= 0.3 is 12.1 Å². The van der Waals surface area contributed by atoms with Gasteiger partial charge in [0.05, 0.1) is 49.3 Å². The summed E-state index contributed by atoms with van der Waals surface area (Å²) in [6.07, 6.45) is 4.38. The van der Waals surface area contributed by atoms with Crippen LogP contribution in [0.5, 0.6) is 0 Å². The highest BCUT2D eigenvalue weighted by Gasteiger charge is 2.44. The summed E-state index contributed by atoms with van der Waals surface area (Å²) in [6, 6.07) is 9.76. The fourth-order valence-electron chi connectivity index (χ4n) is 11.5. The molecule has 1 fully saturated rings. The monoisotopic (exact) mass is 1300 g/mol. The number of methoxy groups -OCH3 is 2. The first-order valence-electron chi connectivity index (χ1n) is 31.8. The van der Waals surface area contributed by atoms with Crippen molar-refractivity contribution in [3.05, 3.63) is 94.5 Å². The number of aromatic nitrogens is 1. The van der Waals surface area contributed by atoms with Gasteiger partial charge in [-0.3, -0.25) is 38.5 Å². The molecule has 0 aliphatic carbocycles. The van der Waals surface area contributed by atoms with Crippen LogP contribution in [0.1, 0.15) is 142 Å². The SMILES string of the molecule is C=C(C)[C@@H](C(=O)N[C@H](C(=O)N(C)[C@@H]([C@@H](C)CC)[C@@H](CC(=O)N1CCC[C@H]1[C@H](OC)[C@@H](C)C(=O)N[C@@H](Cc1ccccc1)c1nccs1)OC)C(C)C)N(C)C(=O)OCc1ccc(NC(=O)[C@H](CCCNC(N)=O)NC(=O)[C@@H](NC(=O)CCCCCON)C(C)C)cc1. The second-order valence-corrected chi connectivity index (χ2v) is 25.4. The van der Waals surface area contributed by atoms with E-state index in [0.29, 0.717) is 74.9 Å². The quantitative estimate of drug-likeness (QED) is 0.0177. The summed E-state index contributed by atoms with van der Waals surface area (Å²) in [5, 5.41) is 19.6. The van der Waals surface area contributed by atoms with E-state index in [9.17, 15) is 43.2 Å². The molecule has 4 rings (SSSR count). The highest BCUT2D eigenvalue weighted by atomic mass is 32.1. The lowest BCUT2D eigenvalue weighted by Crippen LogP contribution is -2.60. The zero-order valence-corrected chi connectivity index (χ0v) is 56.6. The van der Waals surface area contributed by atoms with E-state index in [2.05, 4.69) is 48.3 Å². The molecule has 1 aliphatic rings. The molecule has 0 spiro atoms. The molecule has 26 heteroatoms. The molecule has 0 saturated carbocycles. The van der Waals surface area contributed by atoms with Crippen LogP contribution in [-0.4, -0.2) is 170 Å². The summed E-state index contributed by atoms with van der Waals surface area (Å²) in [7, 11) is 6.09. The van der Waals surface area contributed by atoms with Crippen LogP contribution >= 0.6 is 11.3 Å². The maximum atomic E-state index is 14.8. The van der Waals surface area contributed by atoms with Crippen molar-refractivity contribution < 1.29 is 62.2 Å². The van der Waals surface area contributed by atoms with Crippen LogP contribution in [-0.2, 0) is 65.6 Å². The zero-order chi connectivity index (χ0) is 68.2. The van der Waals surface area contributed by atoms with E-state index in [4.69, 9.17) is 25.8 Å². The van der Waals surface area contributed by atoms with Crippen molar-refractivity contribution in [3.63, 3.8) is 0 Å². The highest BCUT2D eigenvalue weighted by Crippen LogP contribution is 2.31. The van der Waals surface area contributed by atoms with Crippen molar-refractivity contribution in [3.8, 4) is 0 Å². The summed E-state index contributed by atoms with van der Waals surface area (Å²) < 4.78 is 17.9. The Kier molecular flexibility index (Phi) is 32.7. The fourth-order valence-corrected chi connectivity index (χ4v) is 12.2. The first-order chi connectivity index (χ1) is 43.8. The molecule has 2 heterocycles. The van der Waals surface area contributed by atoms with Crippen molar-refractivity contribution >= 4 is 70.5 Å². The van der Waals surface area contributed by atoms with Gasteiger partial charge in [0.25, 0.3) is 0 Å². The molecule has 0 radical (unpaired) electrons. The summed E-state index contributed by atoms with van der Waals surface area (Å²) in [6.45, 7) is 19.2. The molecule has 10 amide bonds. The minimum absolute atomic E-state index is 0.0799. The van der Waals surface area contributed by atoms with Crippen molar-refractivity contribution in [2.75, 3.05) is 53.3 Å². The molecule has 1 aliphatic heterocycles. The standard InChI is InChI=1S/C66H102N12O13S/c1-14-43(8)57(51(88-12)38-53(80)78-34-22-26-50(78)58(89-13)44(9)59(81)73-49(63-69-33-36-92-63)37-45-23-17-15-18-24-45)76(10)64(85)55(41(4)5)75-62(84)56(42(6)7)77(11)66(87)90-39-46-28-30-47(31-29-46)71-60(82)48(25-21-32-70-65(67)86)72-61(83)54(40(2)3)74-52(79)27-19-16-20-35-91-68/h15,17-18,23-24,28-31,33,36,40-41,43-44,48-51,54-58H,6,14,16,19-22,25-27,32,34-35,37-39,68H2,1-5,7-13H3,(H,71,82)(H,72,83)(H,73,81)(H,74,79)(H,75,84)(H3,67,70,86)/t43-,44+,48-,49-,50-,51+,54-,55-,56-,57-,58+/m0/s1. The van der Waals surface area contributed by atoms with Gasteiger partial charge in [-0.15, -0.1) is 11.3 Å². The van der Waals surface area contributed by atoms with Crippen LogP contribution < -0.4 is 43.5 Å². The number of amides is 10. The molecule has 0 unspecified atom stereocenters. The minimum atomic E-state index is -1.26. The summed E-state index contributed by atoms with van der Waals surface area (Å²) >= 11 is 1.47. The van der Waals surface area contributed by atoms with E-state index >= 15 is 0 Å². The first kappa shape index (κ1) is 76.9. The Labute approximate surface area is 546 Å². The average Bonchev–Trinajstić information content (AvgIpc) is 1.59. The van der Waals surface area contributed by atoms with Crippen LogP contribution in [0.2, 0.25) is 0 Å². The van der Waals surface area contributed by atoms with Crippen LogP contribution in [0.3, 0.4) is 0 Å². The van der Waals surface area contributed by atoms with Gasteiger partial charge in [0.15, 0.2) is 0 Å². The van der Waals surface area contributed by atoms with Crippen molar-refractivity contribution in [1.29, 1.82) is 0 Å². The Morgan fingerprint density at radius 2 is 1.48 bits per heavy atom. The molecule has 0 bridgehead atoms. The lowest BCUT2D eigenvalue weighted by Gasteiger charge is -2.41. The Balaban J connectivity index is 1.40. The number of carbonyl (C=O) groups excluding carboxylic acids is 9. The number of ether oxygens (including phenoxy) is 3. The van der Waals surface area contributed by atoms with Crippen LogP contribution in [0.4, 0.5) is 15.3 Å². The van der Waals surface area contributed by atoms with Gasteiger partial charge in [-0.2, -0.15) is 0 Å². The Bertz CT molecular complexity index is 2850. The number of nitrogens with zero attached hydrogens (tertiary/aromatic N) is 4. The van der Waals surface area contributed by atoms with Crippen LogP contribution in [0.15, 0.2) is 78.3 Å². The number of urea groups is 1. The number of carbonyl (C=O) groups is 9. The van der Waals surface area contributed by atoms with E-state index in [-0.39, 0.29) is 74.4 Å². The fraction of sp³-hybridized carbons (Fsp3) is 0.606. The average molecular weight is 1300 g/mol. The van der Waals surface area contributed by atoms with Crippen LogP contribution in [0, 0.1) is 23.7 Å². The number of nitrogens with one attached hydrogen (secondary N) is 6. The highest BCUT2D eigenvalue weighted by molar-refractivity contribution is 7.09. The van der Waals surface area contributed by atoms with Gasteiger partial charge in [-0.25, -0.2) is 20.5 Å². The zero-order valence-electron chi connectivity index (χ0n) is 55.8. The summed E-state index contributed by atoms with van der Waals surface area (Å²) in [5.74, 6) is 0.519. The van der Waals surface area contributed by atoms with Crippen molar-refractivity contribution in [1.82, 2.24) is 46.3 Å². The van der Waals surface area contributed by atoms with Crippen molar-refractivity contribution in [2.24, 2.45) is 35.3 Å². The lowest BCUT2D eigenvalue weighted by molar-refractivity contribution is -0.147. The number of nitrogens with two attached hydrogens (primary N) is 2. The molecule has 510 valence electrons. The Morgan fingerprint density at radius 1 is 0.793 bits per heavy atom. The molecule has 3 aromatic rings. The number of anilines is 1. The number of primary amides is 1. The van der Waals surface area contributed by atoms with E-state index in [1.165, 1.54) is 25.5 Å². The molecular weight excluding hydrogens is 1200 g/mol. The maximum Gasteiger partial charge on any atom is 0.410 e. The number of thiazole rings is 1. The molecule has 1 saturated heterocycles. The minimum Gasteiger partial charge on any atom is -0.445 e. The smallest absolute Gasteiger partial charge is 0.410 e. The molecule has 1 aromatic heterocycles. The second kappa shape index (κ2) is 39.1. The molecule has 11 atom stereocenters. The first-order valence-corrected chi connectivity index (χ1v) is 32.7. The molecule has 25 nitrogen and oxygen atoms in total. The largest absolute Gasteiger partial charge is 0.445 e. The van der Waals surface area contributed by atoms with E-state index in [1.54, 1.807) is 89.0 Å². The Hall–Kier alpha value is -7.52. The number of benzene rings is 2. The number of unbranched alkanes of at least 4 members (excludes halogenated alkanes) is 2. The van der Waals surface area contributed by atoms with Gasteiger partial charge in [0, 0.05) is 65.1 Å². The number of rotatable bonds is 39. The van der Waals surface area contributed by atoms with Crippen molar-refractivity contribution in [2.45, 2.75) is 187 Å². The Morgan fingerprint density at radius 3 is 2.07 bits per heavy atom. The third kappa shape index (κ3) is 23.6. The third-order valence-electron chi connectivity index (χ3n) is 16.8. The number of hydrogen-bond donors (Lipinski definition) is 8. The molecular formula is C66H102N12O13S. The molecule has 92 heavy (non-hydrogen) atoms. The number of hydrogen-bond acceptors (Lipinski definition) is 16. The molecule has 10 N–H and O–H groups in total. The number of likely N-dealkylation sites (tertiary alicyclic amines) is 1. The lowest BCUT2D eigenvalue weighted by atomic mass is 9.89. The van der Waals surface area contributed by atoms with Gasteiger partial charge in [-0.1, -0.05) is 110 Å². The second-order valence-electron chi connectivity index (χ2n) is 24.5. The maximum absolute atomic E-state index is 14.8. The predicted molar refractivity (Wildman–Crippen MR) is 352 cm³/mol. The summed E-state index contributed by atoms with van der Waals surface area (Å²) in [4.78, 5) is 137. The normalized spacial score (nSPS) is 16.3. The summed E-state index contributed by atoms with van der Waals surface area (Å²) in [5.41, 5.74) is 7.45. The van der Waals surface area contributed by atoms with Gasteiger partial charge in [0.1, 0.15) is 35.8 Å². The van der Waals surface area contributed by atoms with E-state index in [1.807, 2.05) is 56.5 Å². The van der Waals surface area contributed by atoms with Crippen LogP contribution in [0.25, 0.3) is 0 Å². The van der Waals surface area contributed by atoms with E-state index in [0.717, 1.165) is 15.5 Å². The van der Waals surface area contributed by atoms with Gasteiger partial charge in [0.2, 0.25) is 41.4 Å². The molecule has 2 aromatic carbocycles.